The molecular weight excluding hydrogens is 258 g/mol. The second-order valence-corrected chi connectivity index (χ2v) is 4.88. The first-order chi connectivity index (χ1) is 8.65. The highest BCUT2D eigenvalue weighted by atomic mass is 32.1. The van der Waals surface area contributed by atoms with E-state index >= 15 is 0 Å². The highest BCUT2D eigenvalue weighted by Crippen LogP contribution is 2.20. The zero-order valence-corrected chi connectivity index (χ0v) is 10.4. The SMILES string of the molecule is O=C(O)CC1CCCN(C(=O)Nc2nnns2)C1. The van der Waals surface area contributed by atoms with Crippen LogP contribution in [0.1, 0.15) is 19.3 Å². The first kappa shape index (κ1) is 12.7. The monoisotopic (exact) mass is 271 g/mol. The van der Waals surface area contributed by atoms with Gasteiger partial charge in [0.05, 0.1) is 0 Å². The molecule has 0 saturated carbocycles. The number of carboxylic acid groups (broad SMARTS) is 1. The van der Waals surface area contributed by atoms with Gasteiger partial charge in [-0.25, -0.2) is 4.79 Å². The number of nitrogens with one attached hydrogen (secondary N) is 1. The third-order valence-corrected chi connectivity index (χ3v) is 3.29. The lowest BCUT2D eigenvalue weighted by atomic mass is 9.95. The number of likely N-dealkylation sites (tertiary alicyclic amines) is 1. The number of hydrogen-bond acceptors (Lipinski definition) is 6. The molecule has 2 amide bonds. The summed E-state index contributed by atoms with van der Waals surface area (Å²) in [7, 11) is 0. The normalized spacial score (nSPS) is 19.6. The minimum absolute atomic E-state index is 0.0227. The lowest BCUT2D eigenvalue weighted by molar-refractivity contribution is -0.138. The van der Waals surface area contributed by atoms with Crippen molar-refractivity contribution in [2.75, 3.05) is 18.4 Å². The van der Waals surface area contributed by atoms with Gasteiger partial charge < -0.3 is 10.0 Å². The van der Waals surface area contributed by atoms with Gasteiger partial charge in [0.25, 0.3) is 0 Å². The molecule has 1 aromatic rings. The molecule has 0 aliphatic carbocycles. The molecule has 1 atom stereocenters. The summed E-state index contributed by atoms with van der Waals surface area (Å²) in [4.78, 5) is 24.1. The van der Waals surface area contributed by atoms with Crippen LogP contribution in [0.3, 0.4) is 0 Å². The number of carbonyl (C=O) groups is 2. The summed E-state index contributed by atoms with van der Waals surface area (Å²) in [6.45, 7) is 1.10. The molecule has 8 nitrogen and oxygen atoms in total. The van der Waals surface area contributed by atoms with Gasteiger partial charge in [0.15, 0.2) is 0 Å². The summed E-state index contributed by atoms with van der Waals surface area (Å²) >= 11 is 1.00. The van der Waals surface area contributed by atoms with Crippen molar-refractivity contribution in [3.05, 3.63) is 0 Å². The van der Waals surface area contributed by atoms with E-state index in [1.54, 1.807) is 4.90 Å². The van der Waals surface area contributed by atoms with E-state index in [9.17, 15) is 9.59 Å². The van der Waals surface area contributed by atoms with Gasteiger partial charge in [0.2, 0.25) is 5.13 Å². The van der Waals surface area contributed by atoms with E-state index in [0.717, 1.165) is 24.4 Å². The van der Waals surface area contributed by atoms with E-state index in [0.29, 0.717) is 18.2 Å². The Morgan fingerprint density at radius 3 is 3.06 bits per heavy atom. The first-order valence-electron chi connectivity index (χ1n) is 5.58. The van der Waals surface area contributed by atoms with E-state index in [2.05, 4.69) is 20.1 Å². The molecule has 0 aromatic carbocycles. The van der Waals surface area contributed by atoms with Crippen molar-refractivity contribution in [3.8, 4) is 0 Å². The smallest absolute Gasteiger partial charge is 0.323 e. The van der Waals surface area contributed by atoms with Gasteiger partial charge in [-0.3, -0.25) is 10.1 Å². The Labute approximate surface area is 107 Å². The Hall–Kier alpha value is -1.77. The van der Waals surface area contributed by atoms with Crippen molar-refractivity contribution >= 4 is 28.7 Å². The molecule has 9 heteroatoms. The van der Waals surface area contributed by atoms with Crippen LogP contribution in [0.25, 0.3) is 0 Å². The van der Waals surface area contributed by atoms with Crippen LogP contribution in [-0.2, 0) is 4.79 Å². The summed E-state index contributed by atoms with van der Waals surface area (Å²) in [5, 5.41) is 18.7. The topological polar surface area (TPSA) is 108 Å². The molecule has 1 aliphatic heterocycles. The van der Waals surface area contributed by atoms with Gasteiger partial charge in [-0.15, -0.1) is 0 Å². The second kappa shape index (κ2) is 5.71. The maximum absolute atomic E-state index is 11.9. The van der Waals surface area contributed by atoms with E-state index in [1.165, 1.54) is 0 Å². The fourth-order valence-electron chi connectivity index (χ4n) is 2.02. The third kappa shape index (κ3) is 3.36. The van der Waals surface area contributed by atoms with Gasteiger partial charge in [-0.2, -0.15) is 0 Å². The Morgan fingerprint density at radius 1 is 1.56 bits per heavy atom. The van der Waals surface area contributed by atoms with Gasteiger partial charge in [0.1, 0.15) is 0 Å². The van der Waals surface area contributed by atoms with Gasteiger partial charge >= 0.3 is 12.0 Å². The molecule has 1 aliphatic rings. The maximum Gasteiger partial charge on any atom is 0.323 e. The molecule has 98 valence electrons. The fourth-order valence-corrected chi connectivity index (χ4v) is 2.37. The zero-order valence-electron chi connectivity index (χ0n) is 9.57. The number of carbonyl (C=O) groups excluding carboxylic acids is 1. The lowest BCUT2D eigenvalue weighted by Gasteiger charge is -2.31. The van der Waals surface area contributed by atoms with Crippen molar-refractivity contribution in [2.45, 2.75) is 19.3 Å². The standard InChI is InChI=1S/C9H13N5O3S/c15-7(16)4-6-2-1-3-14(5-6)9(17)10-8-11-12-13-18-8/h6H,1-5H2,(H,15,16)(H,10,11,13,17). The number of piperidine rings is 1. The van der Waals surface area contributed by atoms with E-state index in [4.69, 9.17) is 5.11 Å². The second-order valence-electron chi connectivity index (χ2n) is 4.15. The number of amides is 2. The molecule has 1 unspecified atom stereocenters. The van der Waals surface area contributed by atoms with Crippen LogP contribution in [0.15, 0.2) is 0 Å². The largest absolute Gasteiger partial charge is 0.481 e. The zero-order chi connectivity index (χ0) is 13.0. The number of aliphatic carboxylic acids is 1. The maximum atomic E-state index is 11.9. The lowest BCUT2D eigenvalue weighted by Crippen LogP contribution is -2.42. The number of urea groups is 1. The van der Waals surface area contributed by atoms with Crippen LogP contribution >= 0.6 is 11.5 Å². The van der Waals surface area contributed by atoms with Crippen LogP contribution in [0.2, 0.25) is 0 Å². The summed E-state index contributed by atoms with van der Waals surface area (Å²) in [6.07, 6.45) is 1.76. The molecular formula is C9H13N5O3S. The Bertz CT molecular complexity index is 424. The fraction of sp³-hybridized carbons (Fsp3) is 0.667. The van der Waals surface area contributed by atoms with Crippen LogP contribution in [0.4, 0.5) is 9.93 Å². The van der Waals surface area contributed by atoms with Crippen molar-refractivity contribution in [2.24, 2.45) is 5.92 Å². The van der Waals surface area contributed by atoms with Crippen LogP contribution < -0.4 is 5.32 Å². The molecule has 1 fully saturated rings. The molecule has 2 heterocycles. The molecule has 0 spiro atoms. The van der Waals surface area contributed by atoms with Gasteiger partial charge in [-0.1, -0.05) is 9.59 Å². The predicted octanol–water partition coefficient (Wildman–Crippen LogP) is 0.652. The van der Waals surface area contributed by atoms with Crippen molar-refractivity contribution < 1.29 is 14.7 Å². The Morgan fingerprint density at radius 2 is 2.39 bits per heavy atom. The molecule has 18 heavy (non-hydrogen) atoms. The Balaban J connectivity index is 1.88. The van der Waals surface area contributed by atoms with Crippen molar-refractivity contribution in [1.82, 2.24) is 19.7 Å². The van der Waals surface area contributed by atoms with Crippen LogP contribution in [0.5, 0.6) is 0 Å². The Kier molecular flexibility index (Phi) is 4.03. The summed E-state index contributed by atoms with van der Waals surface area (Å²) < 4.78 is 3.54. The molecule has 2 N–H and O–H groups in total. The minimum atomic E-state index is -0.824. The summed E-state index contributed by atoms with van der Waals surface area (Å²) in [6, 6.07) is -0.274. The number of aromatic nitrogens is 3. The first-order valence-corrected chi connectivity index (χ1v) is 6.35. The van der Waals surface area contributed by atoms with Crippen LogP contribution in [-0.4, -0.2) is 49.9 Å². The van der Waals surface area contributed by atoms with E-state index < -0.39 is 5.97 Å². The average Bonchev–Trinajstić information content (AvgIpc) is 2.81. The van der Waals surface area contributed by atoms with Crippen LogP contribution in [0, 0.1) is 5.92 Å². The average molecular weight is 271 g/mol. The van der Waals surface area contributed by atoms with Crippen molar-refractivity contribution in [1.29, 1.82) is 0 Å². The number of anilines is 1. The predicted molar refractivity (Wildman–Crippen MR) is 63.3 cm³/mol. The minimum Gasteiger partial charge on any atom is -0.481 e. The highest BCUT2D eigenvalue weighted by molar-refractivity contribution is 7.09. The molecule has 0 bridgehead atoms. The van der Waals surface area contributed by atoms with Gasteiger partial charge in [0, 0.05) is 31.0 Å². The third-order valence-electron chi connectivity index (χ3n) is 2.78. The summed E-state index contributed by atoms with van der Waals surface area (Å²) in [5.74, 6) is -0.801. The highest BCUT2D eigenvalue weighted by Gasteiger charge is 2.25. The van der Waals surface area contributed by atoms with Gasteiger partial charge in [-0.05, 0) is 24.0 Å². The molecule has 2 rings (SSSR count). The number of carboxylic acids is 1. The van der Waals surface area contributed by atoms with E-state index in [1.807, 2.05) is 0 Å². The molecule has 1 saturated heterocycles. The quantitative estimate of drug-likeness (QED) is 0.835. The number of nitrogens with zero attached hydrogens (tertiary/aromatic N) is 4. The summed E-state index contributed by atoms with van der Waals surface area (Å²) in [5.41, 5.74) is 0. The van der Waals surface area contributed by atoms with Crippen molar-refractivity contribution in [3.63, 3.8) is 0 Å². The van der Waals surface area contributed by atoms with E-state index in [-0.39, 0.29) is 18.4 Å². The number of hydrogen-bond donors (Lipinski definition) is 2. The molecule has 1 aromatic heterocycles. The molecule has 0 radical (unpaired) electrons. The number of rotatable bonds is 3.